The summed E-state index contributed by atoms with van der Waals surface area (Å²) in [5.74, 6) is 4.19. The van der Waals surface area contributed by atoms with Crippen molar-refractivity contribution in [2.45, 2.75) is 105 Å². The van der Waals surface area contributed by atoms with Gasteiger partial charge in [0.05, 0.1) is 18.8 Å². The summed E-state index contributed by atoms with van der Waals surface area (Å²) in [4.78, 5) is 36.4. The third-order valence-corrected chi connectivity index (χ3v) is 12.2. The summed E-state index contributed by atoms with van der Waals surface area (Å²) in [6.45, 7) is 15.3. The van der Waals surface area contributed by atoms with Crippen molar-refractivity contribution in [1.82, 2.24) is 10.2 Å². The molecule has 0 aromatic rings. The van der Waals surface area contributed by atoms with Crippen molar-refractivity contribution in [3.05, 3.63) is 0 Å². The number of hydrogen-bond acceptors (Lipinski definition) is 5. The van der Waals surface area contributed by atoms with Crippen LogP contribution in [0, 0.1) is 46.3 Å². The number of carboxylic acid groups (broad SMARTS) is 1. The standard InChI is InChI=1S/C22H36O.C10H18N2O4/c1-14-9-11-21(3)16(13-14)5-6-17-19-8-7-18(15(2)23)22(19,4)12-10-20(17)21;1-10(2,9(15)11-7-8(13)14)12-3-5-16-6-4-12/h14,16-20H,5-13H2,1-4H3;3-7H2,1-2H3,(H,11,15)(H,13,14). The van der Waals surface area contributed by atoms with Crippen molar-refractivity contribution >= 4 is 17.7 Å². The Hall–Kier alpha value is -1.47. The molecule has 4 saturated carbocycles. The van der Waals surface area contributed by atoms with Crippen LogP contribution in [-0.4, -0.2) is 66.1 Å². The molecule has 1 heterocycles. The Kier molecular flexibility index (Phi) is 9.22. The summed E-state index contributed by atoms with van der Waals surface area (Å²) in [7, 11) is 0. The number of carboxylic acids is 1. The molecule has 0 spiro atoms. The van der Waals surface area contributed by atoms with Gasteiger partial charge in [0.1, 0.15) is 12.3 Å². The zero-order valence-electron chi connectivity index (χ0n) is 25.4. The third-order valence-electron chi connectivity index (χ3n) is 12.2. The van der Waals surface area contributed by atoms with Gasteiger partial charge in [-0.1, -0.05) is 27.2 Å². The molecule has 39 heavy (non-hydrogen) atoms. The molecule has 0 radical (unpaired) electrons. The summed E-state index contributed by atoms with van der Waals surface area (Å²) in [6, 6.07) is 0. The number of hydrogen-bond donors (Lipinski definition) is 2. The summed E-state index contributed by atoms with van der Waals surface area (Å²) in [5, 5.41) is 10.9. The van der Waals surface area contributed by atoms with Crippen LogP contribution in [0.5, 0.6) is 0 Å². The molecule has 5 rings (SSSR count). The molecule has 0 aromatic carbocycles. The van der Waals surface area contributed by atoms with Crippen molar-refractivity contribution in [3.8, 4) is 0 Å². The second kappa shape index (κ2) is 11.8. The van der Waals surface area contributed by atoms with Crippen LogP contribution in [0.25, 0.3) is 0 Å². The van der Waals surface area contributed by atoms with Crippen LogP contribution in [0.3, 0.4) is 0 Å². The molecule has 0 aromatic heterocycles. The van der Waals surface area contributed by atoms with Crippen LogP contribution in [-0.2, 0) is 19.1 Å². The lowest BCUT2D eigenvalue weighted by atomic mass is 9.44. The van der Waals surface area contributed by atoms with Gasteiger partial charge in [0.15, 0.2) is 0 Å². The van der Waals surface area contributed by atoms with E-state index in [4.69, 9.17) is 9.84 Å². The van der Waals surface area contributed by atoms with Gasteiger partial charge in [-0.3, -0.25) is 19.3 Å². The normalized spacial score (nSPS) is 40.3. The fourth-order valence-corrected chi connectivity index (χ4v) is 9.78. The Morgan fingerprint density at radius 1 is 0.949 bits per heavy atom. The van der Waals surface area contributed by atoms with Crippen LogP contribution in [0.4, 0.5) is 0 Å². The molecular weight excluding hydrogens is 492 g/mol. The predicted molar refractivity (Wildman–Crippen MR) is 152 cm³/mol. The van der Waals surface area contributed by atoms with Crippen molar-refractivity contribution < 1.29 is 24.2 Å². The Balaban J connectivity index is 0.000000195. The lowest BCUT2D eigenvalue weighted by molar-refractivity contribution is -0.141. The third kappa shape index (κ3) is 5.95. The molecule has 8 unspecified atom stereocenters. The molecule has 1 aliphatic heterocycles. The predicted octanol–water partition coefficient (Wildman–Crippen LogP) is 5.17. The molecule has 0 bridgehead atoms. The number of rotatable bonds is 5. The summed E-state index contributed by atoms with van der Waals surface area (Å²) < 4.78 is 5.21. The van der Waals surface area contributed by atoms with E-state index >= 15 is 0 Å². The van der Waals surface area contributed by atoms with Crippen LogP contribution in [0.2, 0.25) is 0 Å². The fraction of sp³-hybridized carbons (Fsp3) is 0.906. The second-order valence-electron chi connectivity index (χ2n) is 14.6. The Labute approximate surface area is 236 Å². The summed E-state index contributed by atoms with van der Waals surface area (Å²) in [5.41, 5.74) is 0.252. The van der Waals surface area contributed by atoms with E-state index in [1.165, 1.54) is 57.8 Å². The number of fused-ring (bicyclic) bond motifs is 5. The molecule has 5 aliphatic rings. The van der Waals surface area contributed by atoms with E-state index in [0.717, 1.165) is 29.6 Å². The SMILES string of the molecule is CC(=O)C1CCC2C3CCC4CC(C)CCC4(C)C3CCC12C.CC(C)(C(=O)NCC(=O)O)N1CCOCC1. The minimum Gasteiger partial charge on any atom is -0.480 e. The highest BCUT2D eigenvalue weighted by atomic mass is 16.5. The molecule has 2 N–H and O–H groups in total. The highest BCUT2D eigenvalue weighted by Gasteiger charge is 2.60. The molecule has 7 heteroatoms. The number of aliphatic carboxylic acids is 1. The summed E-state index contributed by atoms with van der Waals surface area (Å²) >= 11 is 0. The number of ketones is 1. The van der Waals surface area contributed by atoms with Gasteiger partial charge in [0, 0.05) is 19.0 Å². The van der Waals surface area contributed by atoms with Crippen LogP contribution in [0.1, 0.15) is 99.3 Å². The van der Waals surface area contributed by atoms with Gasteiger partial charge in [-0.15, -0.1) is 0 Å². The first kappa shape index (κ1) is 30.5. The van der Waals surface area contributed by atoms with Gasteiger partial charge >= 0.3 is 5.97 Å². The van der Waals surface area contributed by atoms with E-state index in [2.05, 4.69) is 26.1 Å². The molecular formula is C32H54N2O5. The van der Waals surface area contributed by atoms with Gasteiger partial charge in [-0.05, 0) is 113 Å². The maximum absolute atomic E-state index is 12.2. The topological polar surface area (TPSA) is 95.9 Å². The first-order valence-corrected chi connectivity index (χ1v) is 15.6. The average Bonchev–Trinajstić information content (AvgIpc) is 3.26. The number of amides is 1. The van der Waals surface area contributed by atoms with Gasteiger partial charge in [0.25, 0.3) is 0 Å². The molecule has 1 amide bonds. The maximum Gasteiger partial charge on any atom is 0.322 e. The number of carbonyl (C=O) groups excluding carboxylic acids is 2. The van der Waals surface area contributed by atoms with E-state index in [9.17, 15) is 14.4 Å². The van der Waals surface area contributed by atoms with Crippen LogP contribution >= 0.6 is 0 Å². The second-order valence-corrected chi connectivity index (χ2v) is 14.6. The first-order chi connectivity index (χ1) is 18.3. The van der Waals surface area contributed by atoms with Gasteiger partial charge < -0.3 is 15.2 Å². The lowest BCUT2D eigenvalue weighted by Gasteiger charge is -2.61. The Morgan fingerprint density at radius 2 is 1.59 bits per heavy atom. The Morgan fingerprint density at radius 3 is 2.23 bits per heavy atom. The number of carbonyl (C=O) groups is 3. The quantitative estimate of drug-likeness (QED) is 0.494. The number of nitrogens with one attached hydrogen (secondary N) is 1. The lowest BCUT2D eigenvalue weighted by Crippen LogP contribution is -2.58. The maximum atomic E-state index is 12.2. The largest absolute Gasteiger partial charge is 0.480 e. The summed E-state index contributed by atoms with van der Waals surface area (Å²) in [6.07, 6.45) is 12.6. The molecule has 8 atom stereocenters. The number of nitrogens with zero attached hydrogens (tertiary/aromatic N) is 1. The number of Topliss-reactive ketones (excluding diaryl/α,β-unsaturated/α-hetero) is 1. The van der Waals surface area contributed by atoms with Crippen LogP contribution in [0.15, 0.2) is 0 Å². The minimum absolute atomic E-state index is 0.267. The zero-order chi connectivity index (χ0) is 28.6. The van der Waals surface area contributed by atoms with E-state index in [0.29, 0.717) is 48.8 Å². The zero-order valence-corrected chi connectivity index (χ0v) is 25.4. The molecule has 5 fully saturated rings. The molecule has 4 aliphatic carbocycles. The number of ether oxygens (including phenoxy) is 1. The fourth-order valence-electron chi connectivity index (χ4n) is 9.78. The van der Waals surface area contributed by atoms with Crippen molar-refractivity contribution in [2.24, 2.45) is 46.3 Å². The van der Waals surface area contributed by atoms with Gasteiger partial charge in [0.2, 0.25) is 5.91 Å². The van der Waals surface area contributed by atoms with E-state index in [1.54, 1.807) is 13.8 Å². The average molecular weight is 547 g/mol. The Bertz CT molecular complexity index is 914. The van der Waals surface area contributed by atoms with Crippen LogP contribution < -0.4 is 5.32 Å². The smallest absolute Gasteiger partial charge is 0.322 e. The molecule has 7 nitrogen and oxygen atoms in total. The highest BCUT2D eigenvalue weighted by molar-refractivity contribution is 5.88. The van der Waals surface area contributed by atoms with Crippen molar-refractivity contribution in [3.63, 3.8) is 0 Å². The minimum atomic E-state index is -1.04. The van der Waals surface area contributed by atoms with Gasteiger partial charge in [-0.25, -0.2) is 0 Å². The van der Waals surface area contributed by atoms with Crippen molar-refractivity contribution in [1.29, 1.82) is 0 Å². The highest BCUT2D eigenvalue weighted by Crippen LogP contribution is 2.67. The molecule has 1 saturated heterocycles. The van der Waals surface area contributed by atoms with Crippen molar-refractivity contribution in [2.75, 3.05) is 32.8 Å². The molecule has 222 valence electrons. The van der Waals surface area contributed by atoms with Gasteiger partial charge in [-0.2, -0.15) is 0 Å². The monoisotopic (exact) mass is 546 g/mol. The first-order valence-electron chi connectivity index (χ1n) is 15.6. The van der Waals surface area contributed by atoms with E-state index in [1.807, 2.05) is 11.8 Å². The van der Waals surface area contributed by atoms with E-state index in [-0.39, 0.29) is 12.5 Å². The number of morpholine rings is 1. The van der Waals surface area contributed by atoms with E-state index < -0.39 is 11.5 Å².